The molecule has 5 rings (SSSR count). The van der Waals surface area contributed by atoms with Crippen molar-refractivity contribution < 1.29 is 33.7 Å². The summed E-state index contributed by atoms with van der Waals surface area (Å²) < 4.78 is 17.4. The van der Waals surface area contributed by atoms with Gasteiger partial charge >= 0.3 is 5.97 Å². The van der Waals surface area contributed by atoms with Crippen molar-refractivity contribution in [2.24, 2.45) is 0 Å². The summed E-state index contributed by atoms with van der Waals surface area (Å²) in [6, 6.07) is 6.31. The van der Waals surface area contributed by atoms with E-state index in [2.05, 4.69) is 20.3 Å². The van der Waals surface area contributed by atoms with E-state index < -0.39 is 18.6 Å². The van der Waals surface area contributed by atoms with Gasteiger partial charge in [0.25, 0.3) is 0 Å². The Morgan fingerprint density at radius 1 is 1.17 bits per heavy atom. The fraction of sp³-hybridized carbons (Fsp3) is 0.385. The number of ether oxygens (including phenoxy) is 3. The molecule has 0 bridgehead atoms. The Labute approximate surface area is 239 Å². The van der Waals surface area contributed by atoms with E-state index in [9.17, 15) is 14.4 Å². The number of halogens is 1. The van der Waals surface area contributed by atoms with Crippen molar-refractivity contribution in [3.63, 3.8) is 0 Å². The number of aromatic nitrogens is 4. The minimum atomic E-state index is -1.16. The van der Waals surface area contributed by atoms with Crippen molar-refractivity contribution in [1.82, 2.24) is 29.7 Å². The Kier molecular flexibility index (Phi) is 8.50. The Bertz CT molecular complexity index is 1420. The first-order chi connectivity index (χ1) is 19.8. The third kappa shape index (κ3) is 6.84. The summed E-state index contributed by atoms with van der Waals surface area (Å²) in [5.41, 5.74) is 0.850. The number of carbonyl (C=O) groups excluding carboxylic acids is 2. The average Bonchev–Trinajstić information content (AvgIpc) is 3.64. The molecule has 4 heterocycles. The number of hydrogen-bond donors (Lipinski definition) is 2. The molecule has 0 radical (unpaired) electrons. The van der Waals surface area contributed by atoms with E-state index in [1.54, 1.807) is 40.3 Å². The van der Waals surface area contributed by atoms with E-state index in [1.165, 1.54) is 0 Å². The number of carbonyl (C=O) groups is 3. The number of nitrogens with zero attached hydrogens (tertiary/aromatic N) is 6. The van der Waals surface area contributed by atoms with Crippen molar-refractivity contribution in [3.05, 3.63) is 53.7 Å². The predicted molar refractivity (Wildman–Crippen MR) is 144 cm³/mol. The van der Waals surface area contributed by atoms with Gasteiger partial charge in [0.05, 0.1) is 12.1 Å². The van der Waals surface area contributed by atoms with Crippen LogP contribution in [0.15, 0.2) is 43.0 Å². The van der Waals surface area contributed by atoms with Crippen molar-refractivity contribution in [2.75, 3.05) is 44.5 Å². The number of hydrogen-bond acceptors (Lipinski definition) is 10. The number of imidazole rings is 1. The second kappa shape index (κ2) is 12.4. The van der Waals surface area contributed by atoms with Crippen molar-refractivity contribution in [2.45, 2.75) is 25.4 Å². The molecule has 3 aromatic rings. The highest BCUT2D eigenvalue weighted by molar-refractivity contribution is 6.29. The van der Waals surface area contributed by atoms with Crippen LogP contribution in [0.4, 0.5) is 5.82 Å². The van der Waals surface area contributed by atoms with E-state index in [-0.39, 0.29) is 49.4 Å². The number of piperazine rings is 1. The highest BCUT2D eigenvalue weighted by atomic mass is 35.5. The average molecular weight is 586 g/mol. The number of fused-ring (bicyclic) bond motifs is 1. The minimum absolute atomic E-state index is 0.0384. The molecule has 0 saturated carbocycles. The summed E-state index contributed by atoms with van der Waals surface area (Å²) in [6.07, 6.45) is 4.86. The largest absolute Gasteiger partial charge is 0.480 e. The van der Waals surface area contributed by atoms with Crippen LogP contribution >= 0.6 is 11.6 Å². The van der Waals surface area contributed by atoms with Gasteiger partial charge in [-0.15, -0.1) is 0 Å². The first-order valence-electron chi connectivity index (χ1n) is 12.8. The normalized spacial score (nSPS) is 16.9. The number of rotatable bonds is 10. The van der Waals surface area contributed by atoms with E-state index in [4.69, 9.17) is 30.9 Å². The van der Waals surface area contributed by atoms with Crippen LogP contribution in [0, 0.1) is 0 Å². The fourth-order valence-electron chi connectivity index (χ4n) is 4.69. The maximum absolute atomic E-state index is 13.3. The molecular formula is C26H28ClN7O7. The van der Waals surface area contributed by atoms with Gasteiger partial charge in [-0.05, 0) is 24.6 Å². The maximum Gasteiger partial charge on any atom is 0.329 e. The summed E-state index contributed by atoms with van der Waals surface area (Å²) >= 11 is 6.34. The Balaban J connectivity index is 1.33. The standard InChI is InChI=1S/C26H28ClN7O7/c1-16(17-2-3-19-20(8-17)41-15-40-19)29-23(35)9-18-11-32(24(36)12-39-13-25(37)38)6-7-34(18)22-10-21(27)30-26(31-22)33-5-4-28-14-33/h2-5,8,10,14,16,18H,6-7,9,11-13,15H2,1H3,(H,29,35)(H,37,38). The molecule has 216 valence electrons. The van der Waals surface area contributed by atoms with Crippen LogP contribution in [0.25, 0.3) is 5.95 Å². The van der Waals surface area contributed by atoms with Crippen molar-refractivity contribution in [3.8, 4) is 17.4 Å². The number of nitrogens with one attached hydrogen (secondary N) is 1. The van der Waals surface area contributed by atoms with Crippen LogP contribution in [0.2, 0.25) is 5.15 Å². The topological polar surface area (TPSA) is 161 Å². The quantitative estimate of drug-likeness (QED) is 0.331. The highest BCUT2D eigenvalue weighted by Gasteiger charge is 2.33. The monoisotopic (exact) mass is 585 g/mol. The molecule has 2 atom stereocenters. The van der Waals surface area contributed by atoms with Crippen LogP contribution in [-0.2, 0) is 19.1 Å². The lowest BCUT2D eigenvalue weighted by molar-refractivity contribution is -0.146. The van der Waals surface area contributed by atoms with Gasteiger partial charge in [0.1, 0.15) is 30.5 Å². The zero-order valence-corrected chi connectivity index (χ0v) is 22.9. The first-order valence-corrected chi connectivity index (χ1v) is 13.2. The number of benzene rings is 1. The number of amides is 2. The predicted octanol–water partition coefficient (Wildman–Crippen LogP) is 1.43. The third-order valence-corrected chi connectivity index (χ3v) is 6.87. The van der Waals surface area contributed by atoms with Crippen LogP contribution < -0.4 is 19.7 Å². The first kappa shape index (κ1) is 28.1. The molecule has 1 fully saturated rings. The molecule has 14 nitrogen and oxygen atoms in total. The van der Waals surface area contributed by atoms with E-state index >= 15 is 0 Å². The van der Waals surface area contributed by atoms with E-state index in [1.807, 2.05) is 24.0 Å². The van der Waals surface area contributed by atoms with Gasteiger partial charge < -0.3 is 34.4 Å². The summed E-state index contributed by atoms with van der Waals surface area (Å²) in [4.78, 5) is 53.3. The van der Waals surface area contributed by atoms with Crippen molar-refractivity contribution in [1.29, 1.82) is 0 Å². The van der Waals surface area contributed by atoms with Crippen LogP contribution in [0.1, 0.15) is 24.9 Å². The zero-order valence-electron chi connectivity index (χ0n) is 22.1. The van der Waals surface area contributed by atoms with Crippen LogP contribution in [0.5, 0.6) is 11.5 Å². The number of carboxylic acid groups (broad SMARTS) is 1. The second-order valence-corrected chi connectivity index (χ2v) is 9.89. The third-order valence-electron chi connectivity index (χ3n) is 6.68. The molecular weight excluding hydrogens is 558 g/mol. The van der Waals surface area contributed by atoms with Crippen molar-refractivity contribution >= 4 is 35.2 Å². The molecule has 15 heteroatoms. The lowest BCUT2D eigenvalue weighted by Gasteiger charge is -2.42. The van der Waals surface area contributed by atoms with E-state index in [0.717, 1.165) is 5.56 Å². The molecule has 2 aliphatic rings. The number of carboxylic acids is 1. The number of anilines is 1. The fourth-order valence-corrected chi connectivity index (χ4v) is 4.86. The summed E-state index contributed by atoms with van der Waals surface area (Å²) in [5.74, 6) is 0.302. The maximum atomic E-state index is 13.3. The van der Waals surface area contributed by atoms with Gasteiger partial charge in [-0.1, -0.05) is 17.7 Å². The second-order valence-electron chi connectivity index (χ2n) is 9.50. The lowest BCUT2D eigenvalue weighted by Crippen LogP contribution is -2.57. The molecule has 2 amide bonds. The van der Waals surface area contributed by atoms with Gasteiger partial charge in [-0.3, -0.25) is 14.2 Å². The van der Waals surface area contributed by atoms with Gasteiger partial charge in [-0.25, -0.2) is 14.8 Å². The van der Waals surface area contributed by atoms with Gasteiger partial charge in [0.2, 0.25) is 24.6 Å². The molecule has 2 unspecified atom stereocenters. The molecule has 41 heavy (non-hydrogen) atoms. The smallest absolute Gasteiger partial charge is 0.329 e. The highest BCUT2D eigenvalue weighted by Crippen LogP contribution is 2.34. The Morgan fingerprint density at radius 3 is 2.78 bits per heavy atom. The van der Waals surface area contributed by atoms with Crippen LogP contribution in [-0.4, -0.2) is 93.0 Å². The molecule has 0 aliphatic carbocycles. The molecule has 2 aromatic heterocycles. The molecule has 1 aromatic carbocycles. The molecule has 0 spiro atoms. The number of aliphatic carboxylic acids is 1. The minimum Gasteiger partial charge on any atom is -0.480 e. The summed E-state index contributed by atoms with van der Waals surface area (Å²) in [5, 5.41) is 12.0. The van der Waals surface area contributed by atoms with Gasteiger partial charge in [0.15, 0.2) is 11.5 Å². The summed E-state index contributed by atoms with van der Waals surface area (Å²) in [7, 11) is 0. The van der Waals surface area contributed by atoms with Crippen LogP contribution in [0.3, 0.4) is 0 Å². The lowest BCUT2D eigenvalue weighted by atomic mass is 10.0. The Hall–Kier alpha value is -4.43. The molecule has 2 aliphatic heterocycles. The molecule has 2 N–H and O–H groups in total. The Morgan fingerprint density at radius 2 is 2.00 bits per heavy atom. The SMILES string of the molecule is CC(NC(=O)CC1CN(C(=O)COCC(=O)O)CCN1c1cc(Cl)nc(-n2ccnc2)n1)c1ccc2c(c1)OCO2. The van der Waals surface area contributed by atoms with E-state index in [0.29, 0.717) is 36.4 Å². The summed E-state index contributed by atoms with van der Waals surface area (Å²) in [6.45, 7) is 1.90. The molecule has 1 saturated heterocycles. The van der Waals surface area contributed by atoms with Gasteiger partial charge in [-0.2, -0.15) is 4.98 Å². The zero-order chi connectivity index (χ0) is 28.9. The van der Waals surface area contributed by atoms with Gasteiger partial charge in [0, 0.05) is 44.5 Å².